The number of aliphatic hydroxyl groups excluding tert-OH is 1. The molecule has 1 spiro atoms. The smallest absolute Gasteiger partial charge is 0.190 e. The second kappa shape index (κ2) is 2.81. The van der Waals surface area contributed by atoms with Crippen molar-refractivity contribution < 1.29 is 14.6 Å². The summed E-state index contributed by atoms with van der Waals surface area (Å²) >= 11 is 0. The second-order valence-corrected chi connectivity index (χ2v) is 6.54. The summed E-state index contributed by atoms with van der Waals surface area (Å²) in [6, 6.07) is 0. The molecule has 0 bridgehead atoms. The third-order valence-electron chi connectivity index (χ3n) is 6.06. The second-order valence-electron chi connectivity index (χ2n) is 6.54. The molecule has 4 aliphatic rings. The molecule has 3 fully saturated rings. The van der Waals surface area contributed by atoms with Crippen LogP contribution in [0.25, 0.3) is 0 Å². The topological polar surface area (TPSA) is 49.8 Å². The number of Topliss-reactive ketones (excluding diaryl/α,β-unsaturated/α-hetero) is 1. The number of aliphatic hydroxyl groups is 1. The van der Waals surface area contributed by atoms with E-state index in [9.17, 15) is 9.90 Å². The van der Waals surface area contributed by atoms with Crippen LogP contribution in [0.15, 0.2) is 23.3 Å². The predicted molar refractivity (Wildman–Crippen MR) is 65.9 cm³/mol. The van der Waals surface area contributed by atoms with Gasteiger partial charge in [0, 0.05) is 11.0 Å². The Labute approximate surface area is 107 Å². The summed E-state index contributed by atoms with van der Waals surface area (Å²) in [5.41, 5.74) is 2.59. The van der Waals surface area contributed by atoms with Crippen molar-refractivity contribution in [1.82, 2.24) is 0 Å². The molecule has 1 aliphatic heterocycles. The van der Waals surface area contributed by atoms with Gasteiger partial charge in [-0.2, -0.15) is 0 Å². The lowest BCUT2D eigenvalue weighted by molar-refractivity contribution is -0.117. The molecule has 18 heavy (non-hydrogen) atoms. The van der Waals surface area contributed by atoms with Crippen molar-refractivity contribution in [3.05, 3.63) is 23.3 Å². The van der Waals surface area contributed by atoms with Gasteiger partial charge >= 0.3 is 0 Å². The van der Waals surface area contributed by atoms with Crippen LogP contribution < -0.4 is 0 Å². The van der Waals surface area contributed by atoms with Gasteiger partial charge in [0.15, 0.2) is 11.9 Å². The maximum absolute atomic E-state index is 12.1. The number of ketones is 1. The fraction of sp³-hybridized carbons (Fsp3) is 0.667. The van der Waals surface area contributed by atoms with Crippen LogP contribution in [0.2, 0.25) is 0 Å². The average molecular weight is 246 g/mol. The van der Waals surface area contributed by atoms with Crippen LogP contribution in [0, 0.1) is 17.3 Å². The monoisotopic (exact) mass is 246 g/mol. The van der Waals surface area contributed by atoms with Crippen molar-refractivity contribution in [2.24, 2.45) is 17.3 Å². The lowest BCUT2D eigenvalue weighted by Crippen LogP contribution is -2.36. The van der Waals surface area contributed by atoms with E-state index in [1.165, 1.54) is 5.57 Å². The van der Waals surface area contributed by atoms with Gasteiger partial charge in [-0.3, -0.25) is 4.79 Å². The highest BCUT2D eigenvalue weighted by Gasteiger charge is 2.83. The van der Waals surface area contributed by atoms with E-state index in [0.717, 1.165) is 24.0 Å². The maximum atomic E-state index is 12.1. The largest absolute Gasteiger partial charge is 0.392 e. The van der Waals surface area contributed by atoms with E-state index in [-0.39, 0.29) is 35.4 Å². The van der Waals surface area contributed by atoms with E-state index in [4.69, 9.17) is 4.74 Å². The first-order valence-corrected chi connectivity index (χ1v) is 6.68. The minimum atomic E-state index is -0.282. The number of fused-ring (bicyclic) bond motifs is 2. The van der Waals surface area contributed by atoms with Gasteiger partial charge in [0.25, 0.3) is 0 Å². The van der Waals surface area contributed by atoms with Crippen LogP contribution in [0.5, 0.6) is 0 Å². The van der Waals surface area contributed by atoms with Gasteiger partial charge in [-0.1, -0.05) is 19.1 Å². The van der Waals surface area contributed by atoms with Crippen molar-refractivity contribution in [3.63, 3.8) is 0 Å². The average Bonchev–Trinajstić information content (AvgIpc) is 2.85. The minimum absolute atomic E-state index is 0.0952. The number of rotatable bonds is 1. The molecular weight excluding hydrogens is 228 g/mol. The Kier molecular flexibility index (Phi) is 1.71. The Balaban J connectivity index is 1.89. The molecule has 5 atom stereocenters. The van der Waals surface area contributed by atoms with Gasteiger partial charge in [0.05, 0.1) is 6.61 Å². The Morgan fingerprint density at radius 1 is 1.56 bits per heavy atom. The molecule has 0 aromatic heterocycles. The minimum Gasteiger partial charge on any atom is -0.392 e. The summed E-state index contributed by atoms with van der Waals surface area (Å²) in [4.78, 5) is 12.1. The normalized spacial score (nSPS) is 52.7. The summed E-state index contributed by atoms with van der Waals surface area (Å²) in [5, 5.41) is 9.65. The van der Waals surface area contributed by atoms with E-state index in [1.807, 2.05) is 0 Å². The van der Waals surface area contributed by atoms with Crippen molar-refractivity contribution in [1.29, 1.82) is 0 Å². The number of allylic oxidation sites excluding steroid dienone is 1. The van der Waals surface area contributed by atoms with Crippen LogP contribution in [-0.4, -0.2) is 29.2 Å². The number of carbonyl (C=O) groups is 1. The zero-order chi connectivity index (χ0) is 12.9. The zero-order valence-corrected chi connectivity index (χ0v) is 10.8. The van der Waals surface area contributed by atoms with Gasteiger partial charge < -0.3 is 9.84 Å². The Hall–Kier alpha value is -0.930. The molecule has 96 valence electrons. The van der Waals surface area contributed by atoms with Gasteiger partial charge in [0.1, 0.15) is 5.60 Å². The Bertz CT molecular complexity index is 532. The van der Waals surface area contributed by atoms with E-state index in [2.05, 4.69) is 20.4 Å². The van der Waals surface area contributed by atoms with Crippen molar-refractivity contribution in [3.8, 4) is 0 Å². The summed E-state index contributed by atoms with van der Waals surface area (Å²) in [7, 11) is 0. The molecule has 5 unspecified atom stereocenters. The van der Waals surface area contributed by atoms with Crippen molar-refractivity contribution in [2.45, 2.75) is 38.4 Å². The van der Waals surface area contributed by atoms with Crippen molar-refractivity contribution in [2.75, 3.05) is 6.61 Å². The summed E-state index contributed by atoms with van der Waals surface area (Å²) in [5.74, 6) is 0.872. The Morgan fingerprint density at radius 3 is 2.94 bits per heavy atom. The number of ether oxygens (including phenoxy) is 1. The molecular formula is C15H18O3. The number of hydrogen-bond donors (Lipinski definition) is 1. The van der Waals surface area contributed by atoms with Gasteiger partial charge in [-0.05, 0) is 37.2 Å². The number of hydrogen-bond acceptors (Lipinski definition) is 3. The van der Waals surface area contributed by atoms with E-state index < -0.39 is 0 Å². The molecule has 1 saturated heterocycles. The number of carbonyl (C=O) groups excluding carboxylic acids is 1. The highest BCUT2D eigenvalue weighted by Crippen LogP contribution is 2.75. The van der Waals surface area contributed by atoms with Crippen molar-refractivity contribution >= 4 is 5.78 Å². The van der Waals surface area contributed by atoms with Crippen LogP contribution >= 0.6 is 0 Å². The number of epoxide rings is 1. The van der Waals surface area contributed by atoms with Crippen LogP contribution in [0.1, 0.15) is 26.7 Å². The highest BCUT2D eigenvalue weighted by molar-refractivity contribution is 6.07. The lowest BCUT2D eigenvalue weighted by atomic mass is 9.69. The molecule has 3 nitrogen and oxygen atoms in total. The third-order valence-corrected chi connectivity index (χ3v) is 6.06. The molecule has 1 N–H and O–H groups in total. The van der Waals surface area contributed by atoms with E-state index in [1.54, 1.807) is 0 Å². The van der Waals surface area contributed by atoms with E-state index >= 15 is 0 Å². The SMILES string of the molecule is C=C1C(=O)C2OC23CC2CC(C)=C(CO)C2C13C. The highest BCUT2D eigenvalue weighted by atomic mass is 16.6. The summed E-state index contributed by atoms with van der Waals surface area (Å²) in [6.07, 6.45) is 1.75. The molecule has 0 radical (unpaired) electrons. The predicted octanol–water partition coefficient (Wildman–Crippen LogP) is 1.62. The fourth-order valence-electron chi connectivity index (χ4n) is 5.15. The summed E-state index contributed by atoms with van der Waals surface area (Å²) < 4.78 is 5.80. The van der Waals surface area contributed by atoms with Gasteiger partial charge in [-0.25, -0.2) is 0 Å². The molecule has 0 amide bonds. The standard InChI is InChI=1S/C15H18O3/c1-7-4-9-5-15-13(18-15)12(17)8(2)14(15,3)11(9)10(7)6-16/h9,11,13,16H,2,4-6H2,1,3H3. The molecule has 3 aliphatic carbocycles. The first kappa shape index (κ1) is 10.9. The van der Waals surface area contributed by atoms with Crippen LogP contribution in [-0.2, 0) is 9.53 Å². The van der Waals surface area contributed by atoms with E-state index in [0.29, 0.717) is 5.92 Å². The van der Waals surface area contributed by atoms with Gasteiger partial charge in [-0.15, -0.1) is 0 Å². The van der Waals surface area contributed by atoms with Crippen LogP contribution in [0.3, 0.4) is 0 Å². The first-order valence-electron chi connectivity index (χ1n) is 6.68. The molecule has 1 heterocycles. The van der Waals surface area contributed by atoms with Crippen LogP contribution in [0.4, 0.5) is 0 Å². The molecule has 3 heteroatoms. The Morgan fingerprint density at radius 2 is 2.28 bits per heavy atom. The molecule has 2 saturated carbocycles. The fourth-order valence-corrected chi connectivity index (χ4v) is 5.15. The van der Waals surface area contributed by atoms with Gasteiger partial charge in [0.2, 0.25) is 0 Å². The zero-order valence-electron chi connectivity index (χ0n) is 10.8. The molecule has 0 aromatic carbocycles. The maximum Gasteiger partial charge on any atom is 0.190 e. The lowest BCUT2D eigenvalue weighted by Gasteiger charge is -2.34. The molecule has 0 aromatic rings. The molecule has 4 rings (SSSR count). The third kappa shape index (κ3) is 0.827. The first-order chi connectivity index (χ1) is 8.47. The quantitative estimate of drug-likeness (QED) is 0.434. The summed E-state index contributed by atoms with van der Waals surface area (Å²) in [6.45, 7) is 8.37.